The molecule has 2 amide bonds. The van der Waals surface area contributed by atoms with Crippen molar-refractivity contribution < 1.29 is 19.4 Å². The Kier molecular flexibility index (Phi) is 4.57. The Balaban J connectivity index is 1.42. The van der Waals surface area contributed by atoms with E-state index in [1.165, 1.54) is 0 Å². The summed E-state index contributed by atoms with van der Waals surface area (Å²) in [4.78, 5) is 28.9. The van der Waals surface area contributed by atoms with Crippen LogP contribution < -0.4 is 5.32 Å². The summed E-state index contributed by atoms with van der Waals surface area (Å²) in [5, 5.41) is 19.3. The monoisotopic (exact) mass is 556 g/mol. The maximum absolute atomic E-state index is 13.7. The third-order valence-corrected chi connectivity index (χ3v) is 9.82. The van der Waals surface area contributed by atoms with Crippen molar-refractivity contribution in [2.45, 2.75) is 44.0 Å². The molecule has 3 aliphatic heterocycles. The molecule has 0 spiro atoms. The van der Waals surface area contributed by atoms with Crippen molar-refractivity contribution in [3.05, 3.63) is 95.6 Å². The van der Waals surface area contributed by atoms with Gasteiger partial charge in [0, 0.05) is 47.1 Å². The van der Waals surface area contributed by atoms with Crippen LogP contribution in [0.3, 0.4) is 0 Å². The second kappa shape index (κ2) is 8.00. The molecule has 2 N–H and O–H groups in total. The van der Waals surface area contributed by atoms with E-state index in [1.54, 1.807) is 24.1 Å². The van der Waals surface area contributed by atoms with Gasteiger partial charge in [0.05, 0.1) is 33.7 Å². The van der Waals surface area contributed by atoms with Gasteiger partial charge in [-0.05, 0) is 36.8 Å². The van der Waals surface area contributed by atoms with Crippen molar-refractivity contribution in [2.75, 3.05) is 7.05 Å². The predicted molar refractivity (Wildman–Crippen MR) is 160 cm³/mol. The summed E-state index contributed by atoms with van der Waals surface area (Å²) < 4.78 is 11.3. The van der Waals surface area contributed by atoms with Gasteiger partial charge in [0.2, 0.25) is 0 Å². The molecule has 6 aromatic rings. The molecule has 1 unspecified atom stereocenters. The van der Waals surface area contributed by atoms with Gasteiger partial charge in [-0.15, -0.1) is 0 Å². The number of hydrogen-bond donors (Lipinski definition) is 2. The molecule has 1 fully saturated rings. The van der Waals surface area contributed by atoms with Crippen LogP contribution in [0.15, 0.2) is 78.9 Å². The van der Waals surface area contributed by atoms with Gasteiger partial charge in [-0.25, -0.2) is 0 Å². The highest BCUT2D eigenvalue weighted by molar-refractivity contribution is 6.31. The van der Waals surface area contributed by atoms with Gasteiger partial charge in [0.25, 0.3) is 11.8 Å². The smallest absolute Gasteiger partial charge is 0.253 e. The molecule has 5 heterocycles. The quantitative estimate of drug-likeness (QED) is 0.305. The molecule has 0 radical (unpaired) electrons. The summed E-state index contributed by atoms with van der Waals surface area (Å²) in [5.41, 5.74) is 4.79. The Morgan fingerprint density at radius 3 is 2.38 bits per heavy atom. The third-order valence-electron chi connectivity index (χ3n) is 9.82. The lowest BCUT2D eigenvalue weighted by molar-refractivity contribution is -0.257. The first-order valence-corrected chi connectivity index (χ1v) is 14.4. The van der Waals surface area contributed by atoms with Crippen LogP contribution in [0.4, 0.5) is 0 Å². The van der Waals surface area contributed by atoms with Crippen LogP contribution in [0.1, 0.15) is 45.9 Å². The fourth-order valence-electron chi connectivity index (χ4n) is 7.97. The highest BCUT2D eigenvalue weighted by atomic mass is 16.6. The molecule has 3 aliphatic rings. The number of aliphatic hydroxyl groups excluding tert-OH is 1. The number of fused-ring (bicyclic) bond motifs is 13. The number of benzene rings is 4. The number of aromatic nitrogens is 2. The first-order valence-electron chi connectivity index (χ1n) is 14.4. The number of rotatable bonds is 2. The zero-order chi connectivity index (χ0) is 28.5. The first kappa shape index (κ1) is 24.0. The zero-order valence-corrected chi connectivity index (χ0v) is 23.2. The first-order chi connectivity index (χ1) is 20.4. The van der Waals surface area contributed by atoms with Crippen LogP contribution in [0.2, 0.25) is 0 Å². The largest absolute Gasteiger partial charge is 0.386 e. The molecule has 9 rings (SSSR count). The number of ether oxygens (including phenoxy) is 1. The Morgan fingerprint density at radius 2 is 1.62 bits per heavy atom. The molecule has 4 atom stereocenters. The molecule has 0 aliphatic carbocycles. The van der Waals surface area contributed by atoms with Gasteiger partial charge in [-0.2, -0.15) is 0 Å². The molecular formula is C34H28N4O4. The average Bonchev–Trinajstić information content (AvgIpc) is 3.66. The number of aliphatic hydroxyl groups is 1. The van der Waals surface area contributed by atoms with E-state index in [0.29, 0.717) is 24.1 Å². The number of hydrogen-bond acceptors (Lipinski definition) is 4. The number of amides is 2. The summed E-state index contributed by atoms with van der Waals surface area (Å²) in [6.07, 6.45) is -1.15. The second-order valence-electron chi connectivity index (χ2n) is 11.9. The Hall–Kier alpha value is -4.66. The van der Waals surface area contributed by atoms with Gasteiger partial charge in [-0.3, -0.25) is 9.59 Å². The van der Waals surface area contributed by atoms with Crippen LogP contribution in [0.5, 0.6) is 0 Å². The predicted octanol–water partition coefficient (Wildman–Crippen LogP) is 5.25. The molecule has 8 heteroatoms. The van der Waals surface area contributed by atoms with Crippen molar-refractivity contribution in [1.82, 2.24) is 19.4 Å². The van der Waals surface area contributed by atoms with Crippen molar-refractivity contribution >= 4 is 55.4 Å². The molecule has 2 aromatic heterocycles. The lowest BCUT2D eigenvalue weighted by Crippen LogP contribution is -2.60. The van der Waals surface area contributed by atoms with Crippen LogP contribution >= 0.6 is 0 Å². The van der Waals surface area contributed by atoms with Crippen LogP contribution in [0.25, 0.3) is 43.6 Å². The fourth-order valence-corrected chi connectivity index (χ4v) is 7.97. The zero-order valence-electron chi connectivity index (χ0n) is 23.2. The number of carbonyl (C=O) groups is 2. The topological polar surface area (TPSA) is 88.7 Å². The van der Waals surface area contributed by atoms with E-state index in [0.717, 1.165) is 49.2 Å². The normalized spacial score (nSPS) is 24.5. The van der Waals surface area contributed by atoms with Gasteiger partial charge in [0.1, 0.15) is 12.3 Å². The van der Waals surface area contributed by atoms with E-state index in [1.807, 2.05) is 49.4 Å². The minimum Gasteiger partial charge on any atom is -0.386 e. The van der Waals surface area contributed by atoms with Gasteiger partial charge >= 0.3 is 0 Å². The van der Waals surface area contributed by atoms with E-state index in [-0.39, 0.29) is 11.8 Å². The second-order valence-corrected chi connectivity index (χ2v) is 11.9. The highest BCUT2D eigenvalue weighted by Crippen LogP contribution is 2.53. The number of nitrogens with zero attached hydrogens (tertiary/aromatic N) is 3. The van der Waals surface area contributed by atoms with Crippen LogP contribution in [-0.4, -0.2) is 50.1 Å². The minimum absolute atomic E-state index is 0.0721. The van der Waals surface area contributed by atoms with Crippen molar-refractivity contribution in [3.63, 3.8) is 0 Å². The average molecular weight is 557 g/mol. The third kappa shape index (κ3) is 2.74. The number of nitrogens with one attached hydrogen (secondary N) is 1. The summed E-state index contributed by atoms with van der Waals surface area (Å²) in [6, 6.07) is 24.9. The van der Waals surface area contributed by atoms with Crippen LogP contribution in [-0.2, 0) is 17.0 Å². The summed E-state index contributed by atoms with van der Waals surface area (Å²) >= 11 is 0. The fraction of sp³-hybridized carbons (Fsp3) is 0.235. The summed E-state index contributed by atoms with van der Waals surface area (Å²) in [7, 11) is 1.77. The molecule has 8 nitrogen and oxygen atoms in total. The van der Waals surface area contributed by atoms with E-state index in [9.17, 15) is 14.7 Å². The molecule has 1 saturated heterocycles. The minimum atomic E-state index is -1.21. The lowest BCUT2D eigenvalue weighted by atomic mass is 9.91. The lowest BCUT2D eigenvalue weighted by Gasteiger charge is -2.49. The molecule has 42 heavy (non-hydrogen) atoms. The van der Waals surface area contributed by atoms with E-state index in [4.69, 9.17) is 4.74 Å². The van der Waals surface area contributed by atoms with Crippen molar-refractivity contribution in [3.8, 4) is 0 Å². The van der Waals surface area contributed by atoms with Gasteiger partial charge < -0.3 is 29.2 Å². The standard InChI is InChI=1S/C34H28N4O4/c1-34-31(39)24(36(2)33(41)18-10-4-3-5-11-18)16-25(42-34)37-22-14-8-6-12-19(22)27-28-21(17-35-32(28)40)26-20-13-7-9-15-23(20)38(34)30(26)29(27)37/h3-15,24-25,31,39H,16-17H2,1-2H3,(H,35,40)/t24-,25?,31-,34+/m1/s1. The van der Waals surface area contributed by atoms with E-state index in [2.05, 4.69) is 38.7 Å². The molecule has 2 bridgehead atoms. The number of para-hydroxylation sites is 2. The van der Waals surface area contributed by atoms with Crippen molar-refractivity contribution in [1.29, 1.82) is 0 Å². The summed E-state index contributed by atoms with van der Waals surface area (Å²) in [6.45, 7) is 2.37. The number of carbonyl (C=O) groups excluding carboxylic acids is 2. The Morgan fingerprint density at radius 1 is 0.952 bits per heavy atom. The SMILES string of the molecule is CN(C(=O)c1ccccc1)[C@@H]1CC2O[C@@](C)([C@@H]1O)n1c3ccccc3c3c4c(c5c6ccccc6n2c5c31)C(=O)NC4. The van der Waals surface area contributed by atoms with Crippen LogP contribution in [0, 0.1) is 0 Å². The van der Waals surface area contributed by atoms with Gasteiger partial charge in [0.15, 0.2) is 5.72 Å². The highest BCUT2D eigenvalue weighted by Gasteiger charge is 2.54. The molecule has 208 valence electrons. The van der Waals surface area contributed by atoms with E-state index < -0.39 is 24.1 Å². The summed E-state index contributed by atoms with van der Waals surface area (Å²) in [5.74, 6) is -0.225. The Bertz CT molecular complexity index is 2160. The number of likely N-dealkylation sites (N-methyl/N-ethyl adjacent to an activating group) is 1. The Labute approximate surface area is 240 Å². The molecule has 0 saturated carbocycles. The van der Waals surface area contributed by atoms with Crippen molar-refractivity contribution in [2.24, 2.45) is 0 Å². The van der Waals surface area contributed by atoms with E-state index >= 15 is 0 Å². The molecule has 4 aromatic carbocycles. The molecular weight excluding hydrogens is 528 g/mol. The van der Waals surface area contributed by atoms with Gasteiger partial charge in [-0.1, -0.05) is 54.6 Å². The maximum atomic E-state index is 13.7. The maximum Gasteiger partial charge on any atom is 0.253 e.